The van der Waals surface area contributed by atoms with Crippen LogP contribution in [-0.4, -0.2) is 35.0 Å². The first-order valence-corrected chi connectivity index (χ1v) is 12.1. The highest BCUT2D eigenvalue weighted by Crippen LogP contribution is 2.28. The number of nitrogen functional groups attached to an aromatic ring is 1. The molecular weight excluding hydrogens is 512 g/mol. The third-order valence-corrected chi connectivity index (χ3v) is 5.95. The second kappa shape index (κ2) is 11.7. The molecule has 0 aliphatic carbocycles. The number of carbonyl (C=O) groups excluding carboxylic acids is 1. The molecule has 1 amide bonds. The third-order valence-electron chi connectivity index (χ3n) is 5.95. The van der Waals surface area contributed by atoms with Crippen LogP contribution in [0.2, 0.25) is 0 Å². The molecule has 0 atom stereocenters. The van der Waals surface area contributed by atoms with Gasteiger partial charge in [-0.15, -0.1) is 12.4 Å². The molecule has 39 heavy (non-hydrogen) atoms. The van der Waals surface area contributed by atoms with Crippen molar-refractivity contribution in [2.24, 2.45) is 0 Å². The molecule has 10 heteroatoms. The Bertz CT molecular complexity index is 1580. The highest BCUT2D eigenvalue weighted by atomic mass is 35.5. The molecule has 0 saturated carbocycles. The van der Waals surface area contributed by atoms with Crippen LogP contribution in [0.5, 0.6) is 0 Å². The van der Waals surface area contributed by atoms with Crippen molar-refractivity contribution < 1.29 is 4.79 Å². The highest BCUT2D eigenvalue weighted by Gasteiger charge is 2.09. The number of pyridine rings is 1. The zero-order valence-corrected chi connectivity index (χ0v) is 22.6. The van der Waals surface area contributed by atoms with Crippen molar-refractivity contribution >= 4 is 69.4 Å². The summed E-state index contributed by atoms with van der Waals surface area (Å²) < 4.78 is 0. The minimum atomic E-state index is -0.193. The maximum absolute atomic E-state index is 12.8. The van der Waals surface area contributed by atoms with Crippen molar-refractivity contribution in [2.45, 2.75) is 6.92 Å². The first kappa shape index (κ1) is 27.2. The molecule has 5 aromatic rings. The fourth-order valence-electron chi connectivity index (χ4n) is 4.03. The van der Waals surface area contributed by atoms with Crippen LogP contribution in [0.1, 0.15) is 16.1 Å². The van der Waals surface area contributed by atoms with Crippen LogP contribution in [0.25, 0.3) is 10.9 Å². The SMILES string of the molecule is Cc1cc(Nc2ccc(NC(=O)c3ccc(Nc4ccnc5ccc(N(C)C)cc45)cc3)cc2)nc(N)n1.Cl. The Morgan fingerprint density at radius 3 is 2.18 bits per heavy atom. The summed E-state index contributed by atoms with van der Waals surface area (Å²) in [6.07, 6.45) is 1.78. The largest absolute Gasteiger partial charge is 0.378 e. The Kier molecular flexibility index (Phi) is 8.12. The van der Waals surface area contributed by atoms with E-state index in [1.165, 1.54) is 0 Å². The van der Waals surface area contributed by atoms with Crippen molar-refractivity contribution in [2.75, 3.05) is 40.7 Å². The zero-order valence-electron chi connectivity index (χ0n) is 21.8. The number of rotatable bonds is 7. The lowest BCUT2D eigenvalue weighted by molar-refractivity contribution is 0.102. The molecule has 3 aromatic carbocycles. The van der Waals surface area contributed by atoms with Gasteiger partial charge in [0, 0.05) is 71.4 Å². The molecule has 0 aliphatic heterocycles. The fourth-order valence-corrected chi connectivity index (χ4v) is 4.03. The molecule has 0 aliphatic rings. The number of hydrogen-bond donors (Lipinski definition) is 4. The number of hydrogen-bond acceptors (Lipinski definition) is 8. The average Bonchev–Trinajstić information content (AvgIpc) is 2.89. The number of aryl methyl sites for hydroxylation is 1. The van der Waals surface area contributed by atoms with Crippen LogP contribution in [0.3, 0.4) is 0 Å². The van der Waals surface area contributed by atoms with Gasteiger partial charge in [0.25, 0.3) is 5.91 Å². The van der Waals surface area contributed by atoms with Crippen LogP contribution in [0, 0.1) is 6.92 Å². The Labute approximate surface area is 232 Å². The van der Waals surface area contributed by atoms with Crippen LogP contribution >= 0.6 is 12.4 Å². The van der Waals surface area contributed by atoms with Gasteiger partial charge in [-0.1, -0.05) is 0 Å². The summed E-state index contributed by atoms with van der Waals surface area (Å²) in [5.74, 6) is 0.630. The van der Waals surface area contributed by atoms with Gasteiger partial charge in [0.15, 0.2) is 0 Å². The fraction of sp³-hybridized carbons (Fsp3) is 0.103. The summed E-state index contributed by atoms with van der Waals surface area (Å²) in [6, 6.07) is 24.7. The quantitative estimate of drug-likeness (QED) is 0.194. The monoisotopic (exact) mass is 540 g/mol. The van der Waals surface area contributed by atoms with E-state index >= 15 is 0 Å². The lowest BCUT2D eigenvalue weighted by atomic mass is 10.1. The van der Waals surface area contributed by atoms with Gasteiger partial charge in [-0.3, -0.25) is 9.78 Å². The Morgan fingerprint density at radius 1 is 0.821 bits per heavy atom. The number of nitrogens with zero attached hydrogens (tertiary/aromatic N) is 4. The van der Waals surface area contributed by atoms with E-state index in [1.807, 2.05) is 81.7 Å². The van der Waals surface area contributed by atoms with E-state index in [2.05, 4.69) is 41.9 Å². The highest BCUT2D eigenvalue weighted by molar-refractivity contribution is 6.04. The molecule has 0 unspecified atom stereocenters. The van der Waals surface area contributed by atoms with E-state index in [1.54, 1.807) is 18.3 Å². The van der Waals surface area contributed by atoms with Gasteiger partial charge in [-0.2, -0.15) is 4.98 Å². The van der Waals surface area contributed by atoms with Crippen LogP contribution in [-0.2, 0) is 0 Å². The molecule has 0 radical (unpaired) electrons. The van der Waals surface area contributed by atoms with Gasteiger partial charge in [0.05, 0.1) is 5.52 Å². The summed E-state index contributed by atoms with van der Waals surface area (Å²) in [7, 11) is 4.02. The van der Waals surface area contributed by atoms with Crippen molar-refractivity contribution in [1.82, 2.24) is 15.0 Å². The number of carbonyl (C=O) groups is 1. The molecule has 2 aromatic heterocycles. The van der Waals surface area contributed by atoms with E-state index in [0.29, 0.717) is 17.1 Å². The summed E-state index contributed by atoms with van der Waals surface area (Å²) in [5.41, 5.74) is 12.4. The second-order valence-electron chi connectivity index (χ2n) is 9.07. The van der Waals surface area contributed by atoms with Crippen LogP contribution < -0.4 is 26.6 Å². The normalized spacial score (nSPS) is 10.4. The smallest absolute Gasteiger partial charge is 0.255 e. The Balaban J connectivity index is 0.00000353. The predicted molar refractivity (Wildman–Crippen MR) is 162 cm³/mol. The second-order valence-corrected chi connectivity index (χ2v) is 9.07. The number of amides is 1. The lowest BCUT2D eigenvalue weighted by Crippen LogP contribution is -2.11. The summed E-state index contributed by atoms with van der Waals surface area (Å²) >= 11 is 0. The minimum Gasteiger partial charge on any atom is -0.378 e. The van der Waals surface area contributed by atoms with Gasteiger partial charge < -0.3 is 26.6 Å². The summed E-state index contributed by atoms with van der Waals surface area (Å²) in [4.78, 5) is 27.6. The number of benzene rings is 3. The van der Waals surface area contributed by atoms with Gasteiger partial charge in [-0.05, 0) is 79.7 Å². The maximum atomic E-state index is 12.8. The van der Waals surface area contributed by atoms with Crippen molar-refractivity contribution in [1.29, 1.82) is 0 Å². The number of aromatic nitrogens is 3. The van der Waals surface area contributed by atoms with Gasteiger partial charge in [0.1, 0.15) is 5.82 Å². The standard InChI is InChI=1S/C29H28N8O.ClH/c1-18-16-27(36-29(30)32-18)34-21-8-10-22(11-9-21)35-28(38)19-4-6-20(7-5-19)33-26-14-15-31-25-13-12-23(37(2)3)17-24(25)26;/h4-17H,1-3H3,(H,31,33)(H,35,38)(H3,30,32,34,36);1H. The van der Waals surface area contributed by atoms with Crippen molar-refractivity contribution in [3.05, 3.63) is 96.3 Å². The summed E-state index contributed by atoms with van der Waals surface area (Å²) in [6.45, 7) is 1.85. The van der Waals surface area contributed by atoms with Gasteiger partial charge >= 0.3 is 0 Å². The molecular formula is C29H29ClN8O. The van der Waals surface area contributed by atoms with Crippen molar-refractivity contribution in [3.8, 4) is 0 Å². The number of nitrogens with one attached hydrogen (secondary N) is 3. The molecule has 9 nitrogen and oxygen atoms in total. The number of fused-ring (bicyclic) bond motifs is 1. The molecule has 0 saturated heterocycles. The minimum absolute atomic E-state index is 0. The molecule has 0 spiro atoms. The number of anilines is 7. The number of halogens is 1. The van der Waals surface area contributed by atoms with E-state index in [4.69, 9.17) is 5.73 Å². The first-order valence-electron chi connectivity index (χ1n) is 12.1. The van der Waals surface area contributed by atoms with Crippen LogP contribution in [0.15, 0.2) is 85.1 Å². The van der Waals surface area contributed by atoms with Crippen LogP contribution in [0.4, 0.5) is 40.2 Å². The van der Waals surface area contributed by atoms with Crippen molar-refractivity contribution in [3.63, 3.8) is 0 Å². The predicted octanol–water partition coefficient (Wildman–Crippen LogP) is 6.14. The lowest BCUT2D eigenvalue weighted by Gasteiger charge is -2.15. The summed E-state index contributed by atoms with van der Waals surface area (Å²) in [5, 5.41) is 10.6. The van der Waals surface area contributed by atoms with E-state index < -0.39 is 0 Å². The van der Waals surface area contributed by atoms with E-state index in [0.717, 1.165) is 39.3 Å². The molecule has 0 fully saturated rings. The molecule has 2 heterocycles. The van der Waals surface area contributed by atoms with Gasteiger partial charge in [-0.25, -0.2) is 4.98 Å². The zero-order chi connectivity index (χ0) is 26.6. The Hall–Kier alpha value is -4.89. The van der Waals surface area contributed by atoms with E-state index in [-0.39, 0.29) is 24.3 Å². The van der Waals surface area contributed by atoms with Gasteiger partial charge in [0.2, 0.25) is 5.95 Å². The molecule has 0 bridgehead atoms. The molecule has 5 rings (SSSR count). The average molecular weight is 541 g/mol. The molecule has 5 N–H and O–H groups in total. The topological polar surface area (TPSA) is 121 Å². The third kappa shape index (κ3) is 6.52. The van der Waals surface area contributed by atoms with E-state index in [9.17, 15) is 4.79 Å². The number of nitrogens with two attached hydrogens (primary N) is 1. The first-order chi connectivity index (χ1) is 18.3. The molecule has 198 valence electrons. The Morgan fingerprint density at radius 2 is 1.49 bits per heavy atom. The maximum Gasteiger partial charge on any atom is 0.255 e.